The Morgan fingerprint density at radius 1 is 1.41 bits per heavy atom. The van der Waals surface area contributed by atoms with Crippen LogP contribution in [0.3, 0.4) is 0 Å². The highest BCUT2D eigenvalue weighted by Crippen LogP contribution is 1.99. The molecule has 0 saturated heterocycles. The van der Waals surface area contributed by atoms with Gasteiger partial charge in [0.05, 0.1) is 13.7 Å². The molecule has 0 aliphatic heterocycles. The van der Waals surface area contributed by atoms with Gasteiger partial charge in [0.25, 0.3) is 0 Å². The van der Waals surface area contributed by atoms with Crippen LogP contribution in [0.5, 0.6) is 0 Å². The van der Waals surface area contributed by atoms with Crippen LogP contribution in [0.2, 0.25) is 0 Å². The van der Waals surface area contributed by atoms with E-state index in [0.29, 0.717) is 0 Å². The fourth-order valence-electron chi connectivity index (χ4n) is 0.833. The number of carboxylic acid groups (broad SMARTS) is 1. The van der Waals surface area contributed by atoms with Crippen LogP contribution in [-0.4, -0.2) is 57.6 Å². The van der Waals surface area contributed by atoms with Crippen LogP contribution in [0.15, 0.2) is 0 Å². The third kappa shape index (κ3) is 6.19. The van der Waals surface area contributed by atoms with Crippen LogP contribution in [0.1, 0.15) is 6.92 Å². The van der Waals surface area contributed by atoms with Crippen LogP contribution in [0, 0.1) is 0 Å². The number of hydrogen-bond donors (Lipinski definition) is 2. The third-order valence-corrected chi connectivity index (χ3v) is 3.50. The van der Waals surface area contributed by atoms with Crippen molar-refractivity contribution >= 4 is 22.0 Å². The Kier molecular flexibility index (Phi) is 6.69. The van der Waals surface area contributed by atoms with Crippen molar-refractivity contribution in [1.82, 2.24) is 4.72 Å². The quantitative estimate of drug-likeness (QED) is 0.409. The second-order valence-corrected chi connectivity index (χ2v) is 5.14. The van der Waals surface area contributed by atoms with Gasteiger partial charge in [0, 0.05) is 6.54 Å². The van der Waals surface area contributed by atoms with Gasteiger partial charge in [-0.05, 0) is 6.92 Å². The monoisotopic (exact) mass is 269 g/mol. The molecular weight excluding hydrogens is 254 g/mol. The molecule has 1 atom stereocenters. The highest BCUT2D eigenvalue weighted by Gasteiger charge is 2.28. The molecule has 0 saturated carbocycles. The van der Waals surface area contributed by atoms with Crippen LogP contribution < -0.4 is 4.72 Å². The number of hydrogen-bond acceptors (Lipinski definition) is 6. The van der Waals surface area contributed by atoms with Crippen molar-refractivity contribution in [3.8, 4) is 0 Å². The van der Waals surface area contributed by atoms with Crippen LogP contribution >= 0.6 is 0 Å². The zero-order valence-corrected chi connectivity index (χ0v) is 10.3. The molecule has 2 N–H and O–H groups in total. The number of carboxylic acids is 1. The van der Waals surface area contributed by atoms with E-state index in [0.717, 1.165) is 7.11 Å². The summed E-state index contributed by atoms with van der Waals surface area (Å²) in [6, 6.07) is 0. The number of ether oxygens (including phenoxy) is 2. The third-order valence-electron chi connectivity index (χ3n) is 1.77. The highest BCUT2D eigenvalue weighted by molar-refractivity contribution is 7.90. The summed E-state index contributed by atoms with van der Waals surface area (Å²) in [5.74, 6) is -2.01. The van der Waals surface area contributed by atoms with Crippen molar-refractivity contribution in [2.45, 2.75) is 12.2 Å². The molecule has 0 bridgehead atoms. The van der Waals surface area contributed by atoms with Gasteiger partial charge in [-0.1, -0.05) is 0 Å². The van der Waals surface area contributed by atoms with Crippen molar-refractivity contribution in [2.75, 3.05) is 26.9 Å². The van der Waals surface area contributed by atoms with Gasteiger partial charge in [-0.15, -0.1) is 0 Å². The first kappa shape index (κ1) is 15.8. The molecule has 0 fully saturated rings. The summed E-state index contributed by atoms with van der Waals surface area (Å²) in [5.41, 5.74) is 0. The van der Waals surface area contributed by atoms with Gasteiger partial charge in [0.2, 0.25) is 10.0 Å². The maximum atomic E-state index is 11.4. The summed E-state index contributed by atoms with van der Waals surface area (Å²) in [5, 5.41) is 6.91. The summed E-state index contributed by atoms with van der Waals surface area (Å²) >= 11 is 0. The summed E-state index contributed by atoms with van der Waals surface area (Å²) in [7, 11) is -2.74. The van der Waals surface area contributed by atoms with E-state index in [-0.39, 0.29) is 13.2 Å². The molecule has 0 aromatic rings. The van der Waals surface area contributed by atoms with Crippen molar-refractivity contribution in [3.63, 3.8) is 0 Å². The average molecular weight is 269 g/mol. The first-order valence-corrected chi connectivity index (χ1v) is 6.21. The van der Waals surface area contributed by atoms with Crippen molar-refractivity contribution in [3.05, 3.63) is 0 Å². The highest BCUT2D eigenvalue weighted by atomic mass is 32.2. The predicted octanol–water partition coefficient (Wildman–Crippen LogP) is -1.43. The molecule has 8 nitrogen and oxygen atoms in total. The second kappa shape index (κ2) is 7.20. The molecule has 0 aliphatic carbocycles. The number of esters is 1. The number of sulfonamides is 1. The molecule has 0 heterocycles. The Morgan fingerprint density at radius 3 is 2.47 bits per heavy atom. The number of nitrogens with one attached hydrogen (secondary N) is 1. The van der Waals surface area contributed by atoms with Gasteiger partial charge in [0.1, 0.15) is 6.61 Å². The first-order valence-electron chi connectivity index (χ1n) is 4.67. The van der Waals surface area contributed by atoms with Gasteiger partial charge in [-0.2, -0.15) is 0 Å². The number of carbonyl (C=O) groups excluding carboxylic acids is 1. The maximum Gasteiger partial charge on any atom is 0.329 e. The van der Waals surface area contributed by atoms with E-state index >= 15 is 0 Å². The van der Waals surface area contributed by atoms with E-state index in [1.807, 2.05) is 0 Å². The number of rotatable bonds is 8. The van der Waals surface area contributed by atoms with E-state index in [4.69, 9.17) is 5.11 Å². The maximum absolute atomic E-state index is 11.4. The SMILES string of the molecule is COC(=O)C(C)S(=O)(=O)NCCOCC(=O)O. The van der Waals surface area contributed by atoms with Crippen molar-refractivity contribution in [1.29, 1.82) is 0 Å². The smallest absolute Gasteiger partial charge is 0.329 e. The van der Waals surface area contributed by atoms with Crippen molar-refractivity contribution < 1.29 is 32.6 Å². The minimum absolute atomic E-state index is 0.0978. The first-order chi connectivity index (χ1) is 7.81. The Hall–Kier alpha value is -1.19. The lowest BCUT2D eigenvalue weighted by Gasteiger charge is -2.11. The summed E-state index contributed by atoms with van der Waals surface area (Å²) in [6.07, 6.45) is 0. The Bertz CT molecular complexity index is 364. The molecule has 0 radical (unpaired) electrons. The zero-order chi connectivity index (χ0) is 13.5. The molecule has 100 valence electrons. The van der Waals surface area contributed by atoms with Crippen LogP contribution in [0.4, 0.5) is 0 Å². The molecule has 0 amide bonds. The summed E-state index contributed by atoms with van der Waals surface area (Å²) < 4.78 is 33.9. The molecule has 0 aliphatic rings. The van der Waals surface area contributed by atoms with E-state index in [9.17, 15) is 18.0 Å². The largest absolute Gasteiger partial charge is 0.480 e. The topological polar surface area (TPSA) is 119 Å². The van der Waals surface area contributed by atoms with Gasteiger partial charge < -0.3 is 14.6 Å². The normalized spacial score (nSPS) is 13.1. The number of methoxy groups -OCH3 is 1. The van der Waals surface area contributed by atoms with Gasteiger partial charge in [-0.3, -0.25) is 4.79 Å². The van der Waals surface area contributed by atoms with Gasteiger partial charge in [-0.25, -0.2) is 17.9 Å². The minimum Gasteiger partial charge on any atom is -0.480 e. The van der Waals surface area contributed by atoms with Crippen LogP contribution in [-0.2, 0) is 29.1 Å². The average Bonchev–Trinajstić information content (AvgIpc) is 2.25. The lowest BCUT2D eigenvalue weighted by molar-refractivity contribution is -0.142. The van der Waals surface area contributed by atoms with E-state index < -0.39 is 33.8 Å². The minimum atomic E-state index is -3.82. The van der Waals surface area contributed by atoms with E-state index in [1.54, 1.807) is 0 Å². The molecular formula is C8H15NO7S. The fraction of sp³-hybridized carbons (Fsp3) is 0.750. The molecule has 9 heteroatoms. The van der Waals surface area contributed by atoms with Crippen LogP contribution in [0.25, 0.3) is 0 Å². The molecule has 0 aromatic carbocycles. The van der Waals surface area contributed by atoms with Crippen molar-refractivity contribution in [2.24, 2.45) is 0 Å². The number of aliphatic carboxylic acids is 1. The van der Waals surface area contributed by atoms with E-state index in [2.05, 4.69) is 14.2 Å². The Labute approximate surface area is 98.9 Å². The summed E-state index contributed by atoms with van der Waals surface area (Å²) in [6.45, 7) is 0.469. The zero-order valence-electron chi connectivity index (χ0n) is 9.50. The lowest BCUT2D eigenvalue weighted by atomic mass is 10.5. The summed E-state index contributed by atoms with van der Waals surface area (Å²) in [4.78, 5) is 21.1. The predicted molar refractivity (Wildman–Crippen MR) is 56.9 cm³/mol. The van der Waals surface area contributed by atoms with Gasteiger partial charge >= 0.3 is 11.9 Å². The Balaban J connectivity index is 4.02. The van der Waals surface area contributed by atoms with E-state index in [1.165, 1.54) is 6.92 Å². The fourth-order valence-corrected chi connectivity index (χ4v) is 1.80. The molecule has 1 unspecified atom stereocenters. The number of carbonyl (C=O) groups is 2. The lowest BCUT2D eigenvalue weighted by Crippen LogP contribution is -2.39. The Morgan fingerprint density at radius 2 is 2.00 bits per heavy atom. The molecule has 0 aromatic heterocycles. The molecule has 17 heavy (non-hydrogen) atoms. The molecule has 0 spiro atoms. The van der Waals surface area contributed by atoms with Gasteiger partial charge in [0.15, 0.2) is 5.25 Å². The molecule has 0 rings (SSSR count). The standard InChI is InChI=1S/C8H15NO7S/c1-6(8(12)15-2)17(13,14)9-3-4-16-5-7(10)11/h6,9H,3-5H2,1-2H3,(H,10,11). The second-order valence-electron chi connectivity index (χ2n) is 3.05.